The van der Waals surface area contributed by atoms with Crippen molar-refractivity contribution in [1.29, 1.82) is 5.26 Å². The SMILES string of the molecule is CC1Oc2nc(cnc2N)-c2c(nn(C)c2C#N)CN(C)C(=O)c2ccc(F)cc21. The van der Waals surface area contributed by atoms with Gasteiger partial charge in [0, 0.05) is 25.2 Å². The first-order chi connectivity index (χ1) is 14.3. The molecule has 1 amide bonds. The summed E-state index contributed by atoms with van der Waals surface area (Å²) >= 11 is 0. The maximum Gasteiger partial charge on any atom is 0.258 e. The summed E-state index contributed by atoms with van der Waals surface area (Å²) < 4.78 is 21.3. The van der Waals surface area contributed by atoms with Gasteiger partial charge in [-0.15, -0.1) is 0 Å². The van der Waals surface area contributed by atoms with Gasteiger partial charge >= 0.3 is 0 Å². The molecule has 2 bridgehead atoms. The summed E-state index contributed by atoms with van der Waals surface area (Å²) in [4.78, 5) is 23.2. The molecule has 0 aliphatic carbocycles. The number of carbonyl (C=O) groups excluding carboxylic acids is 1. The van der Waals surface area contributed by atoms with E-state index in [0.29, 0.717) is 22.5 Å². The Hall–Kier alpha value is -4.00. The highest BCUT2D eigenvalue weighted by atomic mass is 19.1. The average Bonchev–Trinajstić information content (AvgIpc) is 3.03. The Bertz CT molecular complexity index is 1210. The fourth-order valence-corrected chi connectivity index (χ4v) is 3.47. The number of nitriles is 1. The first kappa shape index (κ1) is 19.3. The molecule has 1 aliphatic heterocycles. The monoisotopic (exact) mass is 407 g/mol. The number of amides is 1. The lowest BCUT2D eigenvalue weighted by atomic mass is 10.0. The number of nitrogens with two attached hydrogens (primary N) is 1. The first-order valence-corrected chi connectivity index (χ1v) is 9.10. The van der Waals surface area contributed by atoms with E-state index in [4.69, 9.17) is 10.5 Å². The van der Waals surface area contributed by atoms with E-state index < -0.39 is 11.9 Å². The summed E-state index contributed by atoms with van der Waals surface area (Å²) in [6.45, 7) is 1.78. The predicted octanol–water partition coefficient (Wildman–Crippen LogP) is 2.20. The molecule has 3 heterocycles. The minimum atomic E-state index is -0.733. The van der Waals surface area contributed by atoms with Gasteiger partial charge in [-0.2, -0.15) is 10.4 Å². The van der Waals surface area contributed by atoms with Crippen LogP contribution in [0.3, 0.4) is 0 Å². The molecule has 2 aromatic heterocycles. The number of benzene rings is 1. The van der Waals surface area contributed by atoms with Crippen LogP contribution >= 0.6 is 0 Å². The predicted molar refractivity (Wildman–Crippen MR) is 105 cm³/mol. The zero-order valence-corrected chi connectivity index (χ0v) is 16.5. The topological polar surface area (TPSA) is 123 Å². The molecule has 152 valence electrons. The summed E-state index contributed by atoms with van der Waals surface area (Å²) in [5.41, 5.74) is 8.10. The fourth-order valence-electron chi connectivity index (χ4n) is 3.47. The molecule has 1 unspecified atom stereocenters. The lowest BCUT2D eigenvalue weighted by molar-refractivity contribution is 0.0778. The molecule has 1 aliphatic rings. The maximum absolute atomic E-state index is 14.0. The molecule has 0 saturated heterocycles. The molecular formula is C20H18FN7O2. The molecule has 2 N–H and O–H groups in total. The van der Waals surface area contributed by atoms with Gasteiger partial charge in [0.1, 0.15) is 23.7 Å². The summed E-state index contributed by atoms with van der Waals surface area (Å²) in [6.07, 6.45) is 0.693. The molecule has 1 atom stereocenters. The lowest BCUT2D eigenvalue weighted by Crippen LogP contribution is -2.28. The third-order valence-electron chi connectivity index (χ3n) is 4.95. The van der Waals surface area contributed by atoms with Crippen molar-refractivity contribution in [3.63, 3.8) is 0 Å². The first-order valence-electron chi connectivity index (χ1n) is 9.10. The van der Waals surface area contributed by atoms with Crippen LogP contribution in [0.25, 0.3) is 11.3 Å². The number of hydrogen-bond acceptors (Lipinski definition) is 7. The molecule has 3 aromatic rings. The summed E-state index contributed by atoms with van der Waals surface area (Å²) in [5, 5.41) is 14.0. The summed E-state index contributed by atoms with van der Waals surface area (Å²) in [7, 11) is 3.24. The minimum absolute atomic E-state index is 0.0234. The lowest BCUT2D eigenvalue weighted by Gasteiger charge is -2.23. The van der Waals surface area contributed by atoms with Gasteiger partial charge in [-0.1, -0.05) is 0 Å². The van der Waals surface area contributed by atoms with Crippen LogP contribution in [0.2, 0.25) is 0 Å². The van der Waals surface area contributed by atoms with Crippen LogP contribution in [0.4, 0.5) is 10.2 Å². The van der Waals surface area contributed by atoms with Gasteiger partial charge < -0.3 is 15.4 Å². The largest absolute Gasteiger partial charge is 0.467 e. The van der Waals surface area contributed by atoms with Crippen LogP contribution in [0.15, 0.2) is 24.4 Å². The van der Waals surface area contributed by atoms with E-state index in [9.17, 15) is 14.4 Å². The van der Waals surface area contributed by atoms with E-state index in [1.54, 1.807) is 21.0 Å². The van der Waals surface area contributed by atoms with Crippen molar-refractivity contribution in [2.75, 3.05) is 12.8 Å². The molecule has 0 spiro atoms. The number of carbonyl (C=O) groups is 1. The number of nitrogens with zero attached hydrogens (tertiary/aromatic N) is 6. The Kier molecular flexibility index (Phi) is 4.58. The molecule has 10 heteroatoms. The smallest absolute Gasteiger partial charge is 0.258 e. The normalized spacial score (nSPS) is 15.9. The van der Waals surface area contributed by atoms with Crippen LogP contribution < -0.4 is 10.5 Å². The number of fused-ring (bicyclic) bond motifs is 5. The van der Waals surface area contributed by atoms with Gasteiger partial charge in [0.2, 0.25) is 0 Å². The van der Waals surface area contributed by atoms with Gasteiger partial charge in [0.25, 0.3) is 11.8 Å². The van der Waals surface area contributed by atoms with E-state index in [-0.39, 0.29) is 35.4 Å². The number of nitrogen functional groups attached to an aromatic ring is 1. The minimum Gasteiger partial charge on any atom is -0.467 e. The summed E-state index contributed by atoms with van der Waals surface area (Å²) in [5.74, 6) is -0.771. The molecule has 0 radical (unpaired) electrons. The highest BCUT2D eigenvalue weighted by Crippen LogP contribution is 2.33. The Labute approximate surface area is 171 Å². The van der Waals surface area contributed by atoms with Crippen molar-refractivity contribution >= 4 is 11.7 Å². The standard InChI is InChI=1S/C20H18FN7O2/c1-10-13-6-11(21)4-5-12(13)20(29)27(2)9-15-17(16(7-22)28(3)26-15)14-8-24-18(23)19(25-14)30-10/h4-6,8,10H,9H2,1-3H3,(H2,23,24). The van der Waals surface area contributed by atoms with Gasteiger partial charge in [-0.05, 0) is 25.1 Å². The van der Waals surface area contributed by atoms with Crippen LogP contribution in [0, 0.1) is 17.1 Å². The second kappa shape index (κ2) is 7.11. The van der Waals surface area contributed by atoms with Crippen molar-refractivity contribution in [3.05, 3.63) is 52.7 Å². The number of ether oxygens (including phenoxy) is 1. The third-order valence-corrected chi connectivity index (χ3v) is 4.95. The van der Waals surface area contributed by atoms with Crippen molar-refractivity contribution in [2.24, 2.45) is 7.05 Å². The van der Waals surface area contributed by atoms with E-state index >= 15 is 0 Å². The summed E-state index contributed by atoms with van der Waals surface area (Å²) in [6, 6.07) is 6.00. The second-order valence-corrected chi connectivity index (χ2v) is 7.00. The van der Waals surface area contributed by atoms with Gasteiger partial charge in [0.15, 0.2) is 5.82 Å². The molecular weight excluding hydrogens is 389 g/mol. The Morgan fingerprint density at radius 1 is 1.37 bits per heavy atom. The Balaban J connectivity index is 1.98. The molecule has 0 saturated carbocycles. The maximum atomic E-state index is 14.0. The molecule has 1 aromatic carbocycles. The zero-order chi connectivity index (χ0) is 21.6. The van der Waals surface area contributed by atoms with Crippen LogP contribution in [-0.2, 0) is 13.6 Å². The number of halogens is 1. The van der Waals surface area contributed by atoms with Crippen molar-refractivity contribution in [2.45, 2.75) is 19.6 Å². The molecule has 4 rings (SSSR count). The number of aryl methyl sites for hydroxylation is 1. The second-order valence-electron chi connectivity index (χ2n) is 7.00. The van der Waals surface area contributed by atoms with Gasteiger partial charge in [-0.3, -0.25) is 9.48 Å². The Morgan fingerprint density at radius 2 is 2.13 bits per heavy atom. The van der Waals surface area contributed by atoms with Crippen LogP contribution in [-0.4, -0.2) is 37.6 Å². The number of rotatable bonds is 0. The Morgan fingerprint density at radius 3 is 2.87 bits per heavy atom. The highest BCUT2D eigenvalue weighted by molar-refractivity contribution is 5.95. The van der Waals surface area contributed by atoms with Crippen molar-refractivity contribution in [1.82, 2.24) is 24.6 Å². The van der Waals surface area contributed by atoms with Crippen LogP contribution in [0.5, 0.6) is 5.88 Å². The van der Waals surface area contributed by atoms with Gasteiger partial charge in [-0.25, -0.2) is 14.4 Å². The highest BCUT2D eigenvalue weighted by Gasteiger charge is 2.27. The average molecular weight is 407 g/mol. The van der Waals surface area contributed by atoms with E-state index in [2.05, 4.69) is 21.1 Å². The number of anilines is 1. The van der Waals surface area contributed by atoms with Crippen LogP contribution in [0.1, 0.15) is 40.3 Å². The molecule has 30 heavy (non-hydrogen) atoms. The van der Waals surface area contributed by atoms with E-state index in [1.807, 2.05) is 0 Å². The number of hydrogen-bond donors (Lipinski definition) is 1. The van der Waals surface area contributed by atoms with Gasteiger partial charge in [0.05, 0.1) is 29.7 Å². The molecule has 9 nitrogen and oxygen atoms in total. The van der Waals surface area contributed by atoms with Crippen molar-refractivity contribution in [3.8, 4) is 23.2 Å². The third kappa shape index (κ3) is 3.10. The molecule has 0 fully saturated rings. The van der Waals surface area contributed by atoms with E-state index in [1.165, 1.54) is 34.0 Å². The number of aromatic nitrogens is 4. The van der Waals surface area contributed by atoms with Crippen molar-refractivity contribution < 1.29 is 13.9 Å². The fraction of sp³-hybridized carbons (Fsp3) is 0.250. The quantitative estimate of drug-likeness (QED) is 0.606. The zero-order valence-electron chi connectivity index (χ0n) is 16.5. The van der Waals surface area contributed by atoms with E-state index in [0.717, 1.165) is 0 Å².